The van der Waals surface area contributed by atoms with Gasteiger partial charge in [0.05, 0.1) is 22.1 Å². The van der Waals surface area contributed by atoms with Crippen LogP contribution in [-0.4, -0.2) is 14.4 Å². The van der Waals surface area contributed by atoms with Gasteiger partial charge in [-0.3, -0.25) is 4.79 Å². The minimum Gasteiger partial charge on any atom is -0.310 e. The molecular weight excluding hydrogens is 576 g/mol. The van der Waals surface area contributed by atoms with Gasteiger partial charge in [-0.1, -0.05) is 105 Å². The molecule has 0 radical (unpaired) electrons. The molecule has 0 N–H and O–H groups in total. The van der Waals surface area contributed by atoms with Crippen molar-refractivity contribution in [1.82, 2.24) is 14.4 Å². The van der Waals surface area contributed by atoms with Gasteiger partial charge in [-0.2, -0.15) is 0 Å². The lowest BCUT2D eigenvalue weighted by Crippen LogP contribution is -2.18. The highest BCUT2D eigenvalue weighted by Crippen LogP contribution is 2.51. The molecule has 0 aliphatic heterocycles. The quantitative estimate of drug-likeness (QED) is 0.148. The van der Waals surface area contributed by atoms with Gasteiger partial charge < -0.3 is 4.90 Å². The van der Waals surface area contributed by atoms with Crippen molar-refractivity contribution in [2.24, 2.45) is 0 Å². The Labute approximate surface area is 272 Å². The van der Waals surface area contributed by atoms with Crippen molar-refractivity contribution in [2.75, 3.05) is 4.90 Å². The third-order valence-corrected chi connectivity index (χ3v) is 9.64. The zero-order chi connectivity index (χ0) is 31.7. The molecule has 6 aromatic carbocycles. The second-order valence-corrected chi connectivity index (χ2v) is 12.7. The summed E-state index contributed by atoms with van der Waals surface area (Å²) in [6.07, 6.45) is 1.82. The molecule has 0 fully saturated rings. The summed E-state index contributed by atoms with van der Waals surface area (Å²) in [5.74, 6) is 0.389. The molecule has 0 atom stereocenters. The van der Waals surface area contributed by atoms with Crippen LogP contribution in [0.4, 0.5) is 17.1 Å². The number of anilines is 3. The molecule has 0 saturated carbocycles. The maximum Gasteiger partial charge on any atom is 0.267 e. The summed E-state index contributed by atoms with van der Waals surface area (Å²) in [4.78, 5) is 25.4. The third-order valence-electron chi connectivity index (χ3n) is 9.64. The summed E-state index contributed by atoms with van der Waals surface area (Å²) >= 11 is 0. The van der Waals surface area contributed by atoms with E-state index in [1.54, 1.807) is 4.40 Å². The molecule has 0 amide bonds. The molecule has 2 heterocycles. The number of fused-ring (bicyclic) bond motifs is 7. The topological polar surface area (TPSA) is 50.5 Å². The van der Waals surface area contributed by atoms with Gasteiger partial charge in [0, 0.05) is 33.9 Å². The van der Waals surface area contributed by atoms with Crippen LogP contribution >= 0.6 is 0 Å². The Hall–Kier alpha value is -6.07. The Bertz CT molecular complexity index is 2590. The van der Waals surface area contributed by atoms with Gasteiger partial charge in [0.15, 0.2) is 0 Å². The first kappa shape index (κ1) is 27.3. The number of para-hydroxylation sites is 2. The first-order valence-corrected chi connectivity index (χ1v) is 15.9. The highest BCUT2D eigenvalue weighted by molar-refractivity contribution is 5.94. The molecule has 1 aliphatic rings. The van der Waals surface area contributed by atoms with Crippen LogP contribution < -0.4 is 10.5 Å². The molecule has 5 heteroatoms. The van der Waals surface area contributed by atoms with Crippen molar-refractivity contribution >= 4 is 44.6 Å². The normalized spacial score (nSPS) is 13.1. The Kier molecular flexibility index (Phi) is 5.93. The van der Waals surface area contributed by atoms with Crippen molar-refractivity contribution < 1.29 is 0 Å². The van der Waals surface area contributed by atoms with Gasteiger partial charge in [-0.05, 0) is 76.3 Å². The minimum atomic E-state index is -0.143. The fourth-order valence-corrected chi connectivity index (χ4v) is 7.33. The standard InChI is InChI=1S/C42H30N4O/c1-42(2)35-17-9-6-15-32(35)33-22-20-30(25-36(33)42)45(39-19-11-8-14-31(39)27-12-4-3-5-13-27)29-21-23-38-28(24-29)26-43-41-44-37-18-10-7-16-34(37)40(47)46(38)41/h3-26H,1-2H3. The van der Waals surface area contributed by atoms with E-state index in [1.165, 1.54) is 22.3 Å². The summed E-state index contributed by atoms with van der Waals surface area (Å²) < 4.78 is 1.62. The van der Waals surface area contributed by atoms with E-state index >= 15 is 0 Å². The second kappa shape index (κ2) is 10.2. The molecule has 0 saturated heterocycles. The Morgan fingerprint density at radius 3 is 2.19 bits per heavy atom. The lowest BCUT2D eigenvalue weighted by atomic mass is 9.82. The van der Waals surface area contributed by atoms with E-state index in [1.807, 2.05) is 42.6 Å². The molecule has 47 heavy (non-hydrogen) atoms. The SMILES string of the molecule is CC1(C)c2ccccc2-c2ccc(N(c3ccc4c(cnc5nc6ccccc6c(=O)n54)c3)c3ccccc3-c3ccccc3)cc21. The number of rotatable bonds is 4. The summed E-state index contributed by atoms with van der Waals surface area (Å²) in [7, 11) is 0. The predicted molar refractivity (Wildman–Crippen MR) is 192 cm³/mol. The molecule has 9 rings (SSSR count). The molecule has 0 spiro atoms. The Morgan fingerprint density at radius 2 is 1.32 bits per heavy atom. The van der Waals surface area contributed by atoms with E-state index in [2.05, 4.69) is 127 Å². The van der Waals surface area contributed by atoms with Gasteiger partial charge in [0.25, 0.3) is 5.56 Å². The lowest BCUT2D eigenvalue weighted by molar-refractivity contribution is 0.660. The number of benzene rings is 6. The molecular formula is C42H30N4O. The van der Waals surface area contributed by atoms with Crippen LogP contribution in [-0.2, 0) is 5.41 Å². The molecule has 8 aromatic rings. The second-order valence-electron chi connectivity index (χ2n) is 12.7. The first-order valence-electron chi connectivity index (χ1n) is 15.9. The third kappa shape index (κ3) is 4.13. The summed E-state index contributed by atoms with van der Waals surface area (Å²) in [6.45, 7) is 4.62. The van der Waals surface area contributed by atoms with Crippen LogP contribution in [0.5, 0.6) is 0 Å². The van der Waals surface area contributed by atoms with Crippen LogP contribution in [0.15, 0.2) is 151 Å². The van der Waals surface area contributed by atoms with E-state index < -0.39 is 0 Å². The van der Waals surface area contributed by atoms with E-state index in [9.17, 15) is 4.79 Å². The van der Waals surface area contributed by atoms with E-state index in [0.717, 1.165) is 39.1 Å². The predicted octanol–water partition coefficient (Wildman–Crippen LogP) is 9.84. The van der Waals surface area contributed by atoms with Crippen molar-refractivity contribution in [3.63, 3.8) is 0 Å². The van der Waals surface area contributed by atoms with Crippen LogP contribution in [0.25, 0.3) is 49.8 Å². The van der Waals surface area contributed by atoms with Crippen molar-refractivity contribution in [2.45, 2.75) is 19.3 Å². The van der Waals surface area contributed by atoms with Gasteiger partial charge in [-0.25, -0.2) is 14.4 Å². The monoisotopic (exact) mass is 606 g/mol. The average Bonchev–Trinajstić information content (AvgIpc) is 3.34. The maximum atomic E-state index is 13.7. The zero-order valence-corrected chi connectivity index (χ0v) is 26.1. The molecule has 0 unspecified atom stereocenters. The Balaban J connectivity index is 1.29. The first-order chi connectivity index (χ1) is 23.0. The van der Waals surface area contributed by atoms with E-state index in [0.29, 0.717) is 16.7 Å². The molecule has 1 aliphatic carbocycles. The summed E-state index contributed by atoms with van der Waals surface area (Å²) in [6, 6.07) is 48.3. The molecule has 2 aromatic heterocycles. The number of aromatic nitrogens is 3. The fourth-order valence-electron chi connectivity index (χ4n) is 7.33. The summed E-state index contributed by atoms with van der Waals surface area (Å²) in [5, 5.41) is 1.42. The summed E-state index contributed by atoms with van der Waals surface area (Å²) in [5.41, 5.74) is 11.7. The van der Waals surface area contributed by atoms with Gasteiger partial charge in [0.2, 0.25) is 5.78 Å². The van der Waals surface area contributed by atoms with Crippen molar-refractivity contribution in [3.05, 3.63) is 167 Å². The number of hydrogen-bond donors (Lipinski definition) is 0. The van der Waals surface area contributed by atoms with Gasteiger partial charge in [-0.15, -0.1) is 0 Å². The van der Waals surface area contributed by atoms with Gasteiger partial charge in [0.1, 0.15) is 0 Å². The van der Waals surface area contributed by atoms with Crippen LogP contribution in [0.2, 0.25) is 0 Å². The molecule has 224 valence electrons. The van der Waals surface area contributed by atoms with Crippen molar-refractivity contribution in [3.8, 4) is 22.3 Å². The largest absolute Gasteiger partial charge is 0.310 e. The smallest absolute Gasteiger partial charge is 0.267 e. The van der Waals surface area contributed by atoms with E-state index in [4.69, 9.17) is 4.98 Å². The van der Waals surface area contributed by atoms with E-state index in [-0.39, 0.29) is 11.0 Å². The average molecular weight is 607 g/mol. The maximum absolute atomic E-state index is 13.7. The molecule has 5 nitrogen and oxygen atoms in total. The highest BCUT2D eigenvalue weighted by atomic mass is 16.1. The molecule has 0 bridgehead atoms. The fraction of sp³-hybridized carbons (Fsp3) is 0.0714. The lowest BCUT2D eigenvalue weighted by Gasteiger charge is -2.30. The number of hydrogen-bond acceptors (Lipinski definition) is 4. The van der Waals surface area contributed by atoms with Crippen LogP contribution in [0.1, 0.15) is 25.0 Å². The number of nitrogens with zero attached hydrogens (tertiary/aromatic N) is 4. The van der Waals surface area contributed by atoms with Crippen molar-refractivity contribution in [1.29, 1.82) is 0 Å². The highest BCUT2D eigenvalue weighted by Gasteiger charge is 2.35. The minimum absolute atomic E-state index is 0.122. The van der Waals surface area contributed by atoms with Crippen LogP contribution in [0, 0.1) is 0 Å². The van der Waals surface area contributed by atoms with Crippen LogP contribution in [0.3, 0.4) is 0 Å². The Morgan fingerprint density at radius 1 is 0.638 bits per heavy atom. The zero-order valence-electron chi connectivity index (χ0n) is 26.1. The van der Waals surface area contributed by atoms with Gasteiger partial charge >= 0.3 is 0 Å².